The molecule has 1 heterocycles. The van der Waals surface area contributed by atoms with E-state index in [-0.39, 0.29) is 16.5 Å². The fourth-order valence-electron chi connectivity index (χ4n) is 2.64. The summed E-state index contributed by atoms with van der Waals surface area (Å²) in [6.07, 6.45) is 0. The summed E-state index contributed by atoms with van der Waals surface area (Å²) in [4.78, 5) is 28.9. The number of methoxy groups -OCH3 is 1. The maximum atomic E-state index is 12.6. The third-order valence-corrected chi connectivity index (χ3v) is 4.36. The molecule has 1 N–H and O–H groups in total. The predicted octanol–water partition coefficient (Wildman–Crippen LogP) is 4.75. The molecule has 0 saturated carbocycles. The summed E-state index contributed by atoms with van der Waals surface area (Å²) in [7, 11) is 1.27. The number of carbonyl (C=O) groups is 2. The van der Waals surface area contributed by atoms with E-state index < -0.39 is 5.97 Å². The lowest BCUT2D eigenvalue weighted by atomic mass is 10.1. The van der Waals surface area contributed by atoms with Gasteiger partial charge in [0.05, 0.1) is 34.6 Å². The lowest BCUT2D eigenvalue weighted by Gasteiger charge is -2.10. The molecule has 5 nitrogen and oxygen atoms in total. The summed E-state index contributed by atoms with van der Waals surface area (Å²) in [6, 6.07) is 17.9. The first kappa shape index (κ1) is 18.6. The number of ether oxygens (including phenoxy) is 1. The van der Waals surface area contributed by atoms with Gasteiger partial charge in [-0.25, -0.2) is 4.79 Å². The minimum atomic E-state index is -0.568. The van der Waals surface area contributed by atoms with Gasteiger partial charge in [0.15, 0.2) is 0 Å². The first-order valence-electron chi connectivity index (χ1n) is 8.22. The number of hydrogen-bond acceptors (Lipinski definition) is 4. The second-order valence-corrected chi connectivity index (χ2v) is 6.24. The van der Waals surface area contributed by atoms with Gasteiger partial charge in [0.25, 0.3) is 5.91 Å². The van der Waals surface area contributed by atoms with Crippen molar-refractivity contribution in [1.82, 2.24) is 4.98 Å². The van der Waals surface area contributed by atoms with Crippen molar-refractivity contribution in [3.05, 3.63) is 82.5 Å². The normalized spacial score (nSPS) is 10.3. The Morgan fingerprint density at radius 2 is 1.74 bits per heavy atom. The van der Waals surface area contributed by atoms with Crippen LogP contribution in [0.4, 0.5) is 5.69 Å². The van der Waals surface area contributed by atoms with E-state index in [0.29, 0.717) is 16.9 Å². The molecule has 6 heteroatoms. The Hall–Kier alpha value is -3.18. The number of nitrogens with zero attached hydrogens (tertiary/aromatic N) is 1. The topological polar surface area (TPSA) is 68.3 Å². The molecule has 0 unspecified atom stereocenters. The van der Waals surface area contributed by atoms with Gasteiger partial charge in [-0.05, 0) is 37.3 Å². The molecule has 3 rings (SSSR count). The summed E-state index contributed by atoms with van der Waals surface area (Å²) < 4.78 is 4.69. The number of aromatic nitrogens is 1. The highest BCUT2D eigenvalue weighted by Crippen LogP contribution is 2.23. The Labute approximate surface area is 162 Å². The zero-order valence-corrected chi connectivity index (χ0v) is 15.6. The molecule has 136 valence electrons. The van der Waals surface area contributed by atoms with Gasteiger partial charge < -0.3 is 10.1 Å². The van der Waals surface area contributed by atoms with Gasteiger partial charge in [-0.3, -0.25) is 9.78 Å². The molecule has 3 aromatic rings. The van der Waals surface area contributed by atoms with E-state index in [1.54, 1.807) is 25.1 Å². The number of esters is 1. The Kier molecular flexibility index (Phi) is 5.52. The molecular weight excluding hydrogens is 364 g/mol. The number of benzene rings is 2. The number of carbonyl (C=O) groups excluding carboxylic acids is 2. The maximum Gasteiger partial charge on any atom is 0.339 e. The Bertz CT molecular complexity index is 1000. The van der Waals surface area contributed by atoms with Crippen molar-refractivity contribution < 1.29 is 14.3 Å². The number of aryl methyl sites for hydroxylation is 1. The standard InChI is InChI=1S/C21H17ClN2O3/c1-13-16(9-11-19(23-13)14-6-4-3-5-7-14)20(25)24-15-8-10-18(22)17(12-15)21(26)27-2/h3-12H,1-2H3,(H,24,25). The predicted molar refractivity (Wildman–Crippen MR) is 105 cm³/mol. The van der Waals surface area contributed by atoms with E-state index in [4.69, 9.17) is 11.6 Å². The summed E-state index contributed by atoms with van der Waals surface area (Å²) in [6.45, 7) is 1.78. The minimum Gasteiger partial charge on any atom is -0.465 e. The van der Waals surface area contributed by atoms with Crippen LogP contribution in [0.5, 0.6) is 0 Å². The van der Waals surface area contributed by atoms with E-state index in [9.17, 15) is 9.59 Å². The third-order valence-electron chi connectivity index (χ3n) is 4.03. The highest BCUT2D eigenvalue weighted by Gasteiger charge is 2.15. The molecule has 0 aliphatic rings. The molecule has 2 aromatic carbocycles. The van der Waals surface area contributed by atoms with Crippen LogP contribution in [0.1, 0.15) is 26.4 Å². The molecule has 0 radical (unpaired) electrons. The van der Waals surface area contributed by atoms with Gasteiger partial charge in [0, 0.05) is 11.3 Å². The summed E-state index contributed by atoms with van der Waals surface area (Å²) in [5.74, 6) is -0.890. The van der Waals surface area contributed by atoms with Crippen LogP contribution in [0.15, 0.2) is 60.7 Å². The molecule has 1 amide bonds. The highest BCUT2D eigenvalue weighted by atomic mass is 35.5. The molecule has 0 saturated heterocycles. The number of pyridine rings is 1. The van der Waals surface area contributed by atoms with E-state index in [1.807, 2.05) is 30.3 Å². The Morgan fingerprint density at radius 1 is 1.00 bits per heavy atom. The number of nitrogens with one attached hydrogen (secondary N) is 1. The van der Waals surface area contributed by atoms with Gasteiger partial charge in [-0.15, -0.1) is 0 Å². The molecule has 0 bridgehead atoms. The van der Waals surface area contributed by atoms with Crippen molar-refractivity contribution in [3.63, 3.8) is 0 Å². The number of hydrogen-bond donors (Lipinski definition) is 1. The number of amides is 1. The quantitative estimate of drug-likeness (QED) is 0.663. The first-order valence-corrected chi connectivity index (χ1v) is 8.59. The van der Waals surface area contributed by atoms with E-state index in [2.05, 4.69) is 15.0 Å². The molecule has 27 heavy (non-hydrogen) atoms. The minimum absolute atomic E-state index is 0.186. The maximum absolute atomic E-state index is 12.6. The molecule has 0 aliphatic carbocycles. The molecule has 0 aliphatic heterocycles. The Balaban J connectivity index is 1.84. The molecular formula is C21H17ClN2O3. The van der Waals surface area contributed by atoms with Crippen molar-refractivity contribution in [3.8, 4) is 11.3 Å². The van der Waals surface area contributed by atoms with Crippen LogP contribution >= 0.6 is 11.6 Å². The summed E-state index contributed by atoms with van der Waals surface area (Å²) >= 11 is 6.00. The van der Waals surface area contributed by atoms with Crippen molar-refractivity contribution >= 4 is 29.2 Å². The SMILES string of the molecule is COC(=O)c1cc(NC(=O)c2ccc(-c3ccccc3)nc2C)ccc1Cl. The third kappa shape index (κ3) is 4.15. The van der Waals surface area contributed by atoms with E-state index in [1.165, 1.54) is 19.2 Å². The molecule has 0 fully saturated rings. The monoisotopic (exact) mass is 380 g/mol. The van der Waals surface area contributed by atoms with E-state index >= 15 is 0 Å². The van der Waals surface area contributed by atoms with Gasteiger partial charge in [0.2, 0.25) is 0 Å². The van der Waals surface area contributed by atoms with Crippen molar-refractivity contribution in [2.24, 2.45) is 0 Å². The lowest BCUT2D eigenvalue weighted by molar-refractivity contribution is 0.0600. The van der Waals surface area contributed by atoms with Crippen LogP contribution in [-0.2, 0) is 4.74 Å². The van der Waals surface area contributed by atoms with Crippen molar-refractivity contribution in [1.29, 1.82) is 0 Å². The summed E-state index contributed by atoms with van der Waals surface area (Å²) in [5, 5.41) is 3.01. The van der Waals surface area contributed by atoms with Gasteiger partial charge >= 0.3 is 5.97 Å². The van der Waals surface area contributed by atoms with Crippen LogP contribution in [-0.4, -0.2) is 24.0 Å². The second-order valence-electron chi connectivity index (χ2n) is 5.84. The summed E-state index contributed by atoms with van der Waals surface area (Å²) in [5.41, 5.74) is 3.46. The van der Waals surface area contributed by atoms with Crippen LogP contribution in [0.3, 0.4) is 0 Å². The lowest BCUT2D eigenvalue weighted by Crippen LogP contribution is -2.15. The fourth-order valence-corrected chi connectivity index (χ4v) is 2.83. The van der Waals surface area contributed by atoms with Gasteiger partial charge in [-0.1, -0.05) is 41.9 Å². The zero-order chi connectivity index (χ0) is 19.4. The largest absolute Gasteiger partial charge is 0.465 e. The van der Waals surface area contributed by atoms with Gasteiger partial charge in [-0.2, -0.15) is 0 Å². The number of halogens is 1. The average Bonchev–Trinajstić information content (AvgIpc) is 2.69. The molecule has 0 atom stereocenters. The van der Waals surface area contributed by atoms with Crippen molar-refractivity contribution in [2.45, 2.75) is 6.92 Å². The fraction of sp³-hybridized carbons (Fsp3) is 0.0952. The van der Waals surface area contributed by atoms with Crippen LogP contribution in [0, 0.1) is 6.92 Å². The zero-order valence-electron chi connectivity index (χ0n) is 14.8. The average molecular weight is 381 g/mol. The molecule has 1 aromatic heterocycles. The van der Waals surface area contributed by atoms with E-state index in [0.717, 1.165) is 11.3 Å². The highest BCUT2D eigenvalue weighted by molar-refractivity contribution is 6.33. The number of rotatable bonds is 4. The van der Waals surface area contributed by atoms with Crippen LogP contribution < -0.4 is 5.32 Å². The first-order chi connectivity index (χ1) is 13.0. The Morgan fingerprint density at radius 3 is 2.41 bits per heavy atom. The molecule has 0 spiro atoms. The second kappa shape index (κ2) is 8.01. The van der Waals surface area contributed by atoms with Crippen molar-refractivity contribution in [2.75, 3.05) is 12.4 Å². The smallest absolute Gasteiger partial charge is 0.339 e. The van der Waals surface area contributed by atoms with Gasteiger partial charge in [0.1, 0.15) is 0 Å². The number of anilines is 1. The van der Waals surface area contributed by atoms with Crippen LogP contribution in [0.25, 0.3) is 11.3 Å². The van der Waals surface area contributed by atoms with Crippen LogP contribution in [0.2, 0.25) is 5.02 Å².